The first kappa shape index (κ1) is 31.3. The topological polar surface area (TPSA) is 89.9 Å². The monoisotopic (exact) mass is 593 g/mol. The number of carboxylic acid groups (broad SMARTS) is 1. The molecule has 0 radical (unpaired) electrons. The van der Waals surface area contributed by atoms with Crippen molar-refractivity contribution in [1.82, 2.24) is 10.2 Å². The molecule has 0 aliphatic carbocycles. The van der Waals surface area contributed by atoms with Crippen molar-refractivity contribution in [3.05, 3.63) is 67.6 Å². The highest BCUT2D eigenvalue weighted by Crippen LogP contribution is 2.18. The highest BCUT2D eigenvalue weighted by Gasteiger charge is 2.08. The van der Waals surface area contributed by atoms with Crippen LogP contribution in [0, 0.1) is 13.8 Å². The number of nitrogens with one attached hydrogen (secondary N) is 1. The Morgan fingerprint density at radius 2 is 1.36 bits per heavy atom. The summed E-state index contributed by atoms with van der Waals surface area (Å²) in [5, 5.41) is 18.9. The van der Waals surface area contributed by atoms with Gasteiger partial charge in [-0.1, -0.05) is 52.1 Å². The molecule has 3 N–H and O–H groups in total. The number of nitrogens with zero attached hydrogens (tertiary/aromatic N) is 1. The summed E-state index contributed by atoms with van der Waals surface area (Å²) < 4.78 is 14.9. The summed E-state index contributed by atoms with van der Waals surface area (Å²) in [4.78, 5) is 23.5. The van der Waals surface area contributed by atoms with Gasteiger partial charge in [0.05, 0.1) is 5.56 Å². The molecule has 0 saturated heterocycles. The number of hydrogen-bond donors (Lipinski definition) is 3. The lowest BCUT2D eigenvalue weighted by molar-refractivity contribution is 0.0696. The van der Waals surface area contributed by atoms with E-state index in [2.05, 4.69) is 37.2 Å². The maximum absolute atomic E-state index is 11.5. The molecule has 0 spiro atoms. The summed E-state index contributed by atoms with van der Waals surface area (Å²) in [5.41, 5.74) is 3.06. The molecule has 8 heteroatoms. The zero-order valence-corrected chi connectivity index (χ0v) is 24.0. The molecule has 2 aromatic carbocycles. The van der Waals surface area contributed by atoms with Crippen LogP contribution in [0.3, 0.4) is 0 Å². The first-order valence-electron chi connectivity index (χ1n) is 11.4. The quantitative estimate of drug-likeness (QED) is 0.387. The number of aliphatic hydroxyl groups excluding tert-OH is 1. The Labute approximate surface area is 219 Å². The fraction of sp³-hybridized carbons (Fsp3) is 0.440. The number of carbonyl (C=O) groups is 2. The van der Waals surface area contributed by atoms with Crippen LogP contribution >= 0.6 is 31.9 Å². The summed E-state index contributed by atoms with van der Waals surface area (Å²) in [6.45, 7) is 6.97. The van der Waals surface area contributed by atoms with Gasteiger partial charge < -0.3 is 20.4 Å². The van der Waals surface area contributed by atoms with Crippen molar-refractivity contribution in [3.63, 3.8) is 0 Å². The second-order valence-corrected chi connectivity index (χ2v) is 8.37. The van der Waals surface area contributed by atoms with Crippen LogP contribution in [0.4, 0.5) is 0 Å². The third-order valence-corrected chi connectivity index (χ3v) is 5.00. The number of hydrogen-bond acceptors (Lipinski definition) is 4. The minimum atomic E-state index is -0.888. The molecule has 33 heavy (non-hydrogen) atoms. The lowest BCUT2D eigenvalue weighted by atomic mass is 10.1. The van der Waals surface area contributed by atoms with Crippen LogP contribution < -0.4 is 5.32 Å². The summed E-state index contributed by atoms with van der Waals surface area (Å²) in [6, 6.07) is 10.5. The minimum absolute atomic E-state index is 0.0376. The highest BCUT2D eigenvalue weighted by molar-refractivity contribution is 9.10. The standard InChI is InChI=1S/C10H12BrNO.C8H7BrO2.C3H8.C2H7N.C2H6O/c1-7-6-8(4-5-9(7)11)10(13)12(2)3;1-5-4-6(8(10)11)2-3-7(5)9;2*1-3-2;1-2-3/h4-6H,1-3H3;2-4H,1H3,(H,10,11);3H2,1-2H3;3H,1-2H3;3H,2H2,1H3/i;;1TD;;. The Hall–Kier alpha value is -1.74. The average Bonchev–Trinajstić information content (AvgIpc) is 2.78. The van der Waals surface area contributed by atoms with Crippen molar-refractivity contribution >= 4 is 43.7 Å². The van der Waals surface area contributed by atoms with Gasteiger partial charge in [0.2, 0.25) is 0 Å². The minimum Gasteiger partial charge on any atom is -0.478 e. The third kappa shape index (κ3) is 18.4. The molecule has 0 aliphatic rings. The van der Waals surface area contributed by atoms with Crippen LogP contribution in [0.25, 0.3) is 0 Å². The molecule has 0 aliphatic heterocycles. The Morgan fingerprint density at radius 3 is 1.64 bits per heavy atom. The molecule has 188 valence electrons. The summed E-state index contributed by atoms with van der Waals surface area (Å²) in [7, 11) is 7.25. The molecule has 2 rings (SSSR count). The van der Waals surface area contributed by atoms with Crippen molar-refractivity contribution in [2.75, 3.05) is 34.8 Å². The molecular weight excluding hydrogens is 552 g/mol. The maximum atomic E-state index is 11.5. The van der Waals surface area contributed by atoms with Crippen LogP contribution in [0.5, 0.6) is 0 Å². The summed E-state index contributed by atoms with van der Waals surface area (Å²) >= 11 is 6.68. The van der Waals surface area contributed by atoms with Gasteiger partial charge in [-0.15, -0.1) is 0 Å². The maximum Gasteiger partial charge on any atom is 0.335 e. The van der Waals surface area contributed by atoms with E-state index in [1.807, 2.05) is 53.1 Å². The Kier molecular flexibility index (Phi) is 20.9. The smallest absolute Gasteiger partial charge is 0.335 e. The molecule has 1 amide bonds. The van der Waals surface area contributed by atoms with Gasteiger partial charge >= 0.3 is 5.97 Å². The Bertz CT molecular complexity index is 865. The number of aliphatic hydroxyl groups is 1. The van der Waals surface area contributed by atoms with Gasteiger partial charge in [0, 0.05) is 38.0 Å². The highest BCUT2D eigenvalue weighted by atomic mass is 79.9. The van der Waals surface area contributed by atoms with Gasteiger partial charge in [0.1, 0.15) is 0 Å². The zero-order chi connectivity index (χ0) is 28.1. The van der Waals surface area contributed by atoms with E-state index in [1.165, 1.54) is 0 Å². The van der Waals surface area contributed by atoms with Crippen molar-refractivity contribution in [2.45, 2.75) is 41.0 Å². The second-order valence-electron chi connectivity index (χ2n) is 6.66. The fourth-order valence-electron chi connectivity index (χ4n) is 1.81. The average molecular weight is 595 g/mol. The lowest BCUT2D eigenvalue weighted by Crippen LogP contribution is -2.21. The molecule has 6 nitrogen and oxygen atoms in total. The van der Waals surface area contributed by atoms with Crippen LogP contribution in [0.15, 0.2) is 45.3 Å². The Balaban J connectivity index is -0.000000418. The van der Waals surface area contributed by atoms with E-state index < -0.39 is 12.8 Å². The lowest BCUT2D eigenvalue weighted by Gasteiger charge is -2.10. The first-order valence-corrected chi connectivity index (χ1v) is 11.8. The molecule has 0 fully saturated rings. The number of benzene rings is 2. The summed E-state index contributed by atoms with van der Waals surface area (Å²) in [5.74, 6) is -0.851. The van der Waals surface area contributed by atoms with Crippen LogP contribution in [-0.2, 0) is 0 Å². The largest absolute Gasteiger partial charge is 0.478 e. The summed E-state index contributed by atoms with van der Waals surface area (Å²) in [6.07, 6.45) is 0.639. The van der Waals surface area contributed by atoms with Crippen molar-refractivity contribution in [3.8, 4) is 0 Å². The van der Waals surface area contributed by atoms with Gasteiger partial charge in [0.15, 0.2) is 0 Å². The van der Waals surface area contributed by atoms with Gasteiger partial charge in [-0.05, 0) is 82.4 Å². The molecule has 1 unspecified atom stereocenters. The molecule has 0 aromatic heterocycles. The van der Waals surface area contributed by atoms with E-state index in [9.17, 15) is 9.59 Å². The third-order valence-electron chi connectivity index (χ3n) is 3.22. The van der Waals surface area contributed by atoms with Crippen molar-refractivity contribution in [1.29, 1.82) is 0 Å². The van der Waals surface area contributed by atoms with E-state index in [4.69, 9.17) is 13.0 Å². The van der Waals surface area contributed by atoms with Crippen molar-refractivity contribution < 1.29 is 22.5 Å². The van der Waals surface area contributed by atoms with Gasteiger partial charge in [-0.3, -0.25) is 4.79 Å². The molecular formula is C25H40Br2N2O4. The molecule has 2 aromatic rings. The van der Waals surface area contributed by atoms with Gasteiger partial charge in [-0.25, -0.2) is 4.79 Å². The molecule has 1 atom stereocenters. The van der Waals surface area contributed by atoms with E-state index >= 15 is 0 Å². The van der Waals surface area contributed by atoms with Crippen molar-refractivity contribution in [2.24, 2.45) is 0 Å². The number of amides is 1. The fourth-order valence-corrected chi connectivity index (χ4v) is 2.31. The first-order chi connectivity index (χ1) is 16.2. The number of carbonyl (C=O) groups excluding carboxylic acids is 1. The molecule has 0 saturated carbocycles. The number of aryl methyl sites for hydroxylation is 2. The normalized spacial score (nSPS) is 10.5. The number of halogens is 2. The Morgan fingerprint density at radius 1 is 1.03 bits per heavy atom. The number of aromatic carboxylic acids is 1. The van der Waals surface area contributed by atoms with E-state index in [-0.39, 0.29) is 12.5 Å². The number of carboxylic acids is 1. The van der Waals surface area contributed by atoms with Crippen LogP contribution in [0.1, 0.15) is 61.7 Å². The predicted molar refractivity (Wildman–Crippen MR) is 146 cm³/mol. The second kappa shape index (κ2) is 22.1. The van der Waals surface area contributed by atoms with E-state index in [0.717, 1.165) is 25.6 Å². The van der Waals surface area contributed by atoms with Gasteiger partial charge in [-0.2, -0.15) is 0 Å². The van der Waals surface area contributed by atoms with E-state index in [0.29, 0.717) is 12.0 Å². The SMILES string of the molecule is CCO.CNC.Cc1cc(C(=O)N(C)C)ccc1Br.Cc1cc(C(=O)O)ccc1Br.[2H]C([3H])CC. The van der Waals surface area contributed by atoms with Gasteiger partial charge in [0.25, 0.3) is 5.91 Å². The van der Waals surface area contributed by atoms with Crippen LogP contribution in [0.2, 0.25) is 0 Å². The molecule has 0 heterocycles. The van der Waals surface area contributed by atoms with E-state index in [1.54, 1.807) is 44.1 Å². The molecule has 0 bridgehead atoms. The number of rotatable bonds is 2. The predicted octanol–water partition coefficient (Wildman–Crippen LogP) is 6.17. The zero-order valence-electron chi connectivity index (χ0n) is 22.9. The van der Waals surface area contributed by atoms with Crippen LogP contribution in [-0.4, -0.2) is 61.8 Å².